The fourth-order valence-electron chi connectivity index (χ4n) is 5.26. The van der Waals surface area contributed by atoms with Gasteiger partial charge in [-0.3, -0.25) is 9.36 Å². The predicted octanol–water partition coefficient (Wildman–Crippen LogP) is 7.07. The highest BCUT2D eigenvalue weighted by Crippen LogP contribution is 2.44. The molecule has 0 aliphatic carbocycles. The summed E-state index contributed by atoms with van der Waals surface area (Å²) in [7, 11) is 1.29. The van der Waals surface area contributed by atoms with Crippen molar-refractivity contribution in [1.82, 2.24) is 4.57 Å². The highest BCUT2D eigenvalue weighted by Gasteiger charge is 2.38. The first-order valence-corrected chi connectivity index (χ1v) is 13.4. The maximum Gasteiger partial charge on any atom is 0.416 e. The molecule has 0 radical (unpaired) electrons. The van der Waals surface area contributed by atoms with Gasteiger partial charge in [-0.1, -0.05) is 48.5 Å². The van der Waals surface area contributed by atoms with E-state index in [1.165, 1.54) is 41.6 Å². The van der Waals surface area contributed by atoms with Gasteiger partial charge in [-0.2, -0.15) is 13.2 Å². The molecular formula is C30H25F5N2O2S. The molecule has 10 heteroatoms. The van der Waals surface area contributed by atoms with Crippen LogP contribution < -0.4 is 16.0 Å². The van der Waals surface area contributed by atoms with Crippen molar-refractivity contribution in [3.8, 4) is 16.9 Å². The number of methoxy groups -OCH3 is 1. The number of hydrogen-bond acceptors (Lipinski definition) is 4. The summed E-state index contributed by atoms with van der Waals surface area (Å²) in [5.74, 6) is -1.55. The van der Waals surface area contributed by atoms with Crippen molar-refractivity contribution in [3.63, 3.8) is 0 Å². The van der Waals surface area contributed by atoms with Gasteiger partial charge >= 0.3 is 6.18 Å². The second kappa shape index (κ2) is 10.7. The Morgan fingerprint density at radius 3 is 2.40 bits per heavy atom. The van der Waals surface area contributed by atoms with Gasteiger partial charge in [-0.05, 0) is 41.8 Å². The van der Waals surface area contributed by atoms with E-state index < -0.39 is 53.0 Å². The van der Waals surface area contributed by atoms with Crippen LogP contribution in [0.5, 0.6) is 5.75 Å². The van der Waals surface area contributed by atoms with Crippen molar-refractivity contribution in [2.45, 2.75) is 36.6 Å². The summed E-state index contributed by atoms with van der Waals surface area (Å²) in [5.41, 5.74) is 5.67. The molecule has 2 N–H and O–H groups in total. The molecule has 0 saturated heterocycles. The van der Waals surface area contributed by atoms with Crippen LogP contribution in [-0.2, 0) is 12.6 Å². The van der Waals surface area contributed by atoms with Gasteiger partial charge in [0.25, 0.3) is 5.56 Å². The van der Waals surface area contributed by atoms with Gasteiger partial charge in [0.2, 0.25) is 0 Å². The van der Waals surface area contributed by atoms with Crippen LogP contribution in [0.25, 0.3) is 11.1 Å². The molecule has 1 aliphatic rings. The van der Waals surface area contributed by atoms with Crippen molar-refractivity contribution in [2.75, 3.05) is 12.9 Å². The van der Waals surface area contributed by atoms with Gasteiger partial charge in [-0.15, -0.1) is 11.8 Å². The summed E-state index contributed by atoms with van der Waals surface area (Å²) in [6.45, 7) is 1.55. The Morgan fingerprint density at radius 1 is 1.02 bits per heavy atom. The average Bonchev–Trinajstić information content (AvgIpc) is 3.37. The van der Waals surface area contributed by atoms with Crippen molar-refractivity contribution in [1.29, 1.82) is 0 Å². The largest absolute Gasteiger partial charge is 0.494 e. The molecule has 1 aliphatic heterocycles. The third-order valence-electron chi connectivity index (χ3n) is 7.29. The van der Waals surface area contributed by atoms with Crippen molar-refractivity contribution >= 4 is 11.8 Å². The number of fused-ring (bicyclic) bond motifs is 1. The standard InChI is InChI=1S/C30H25F5N2O2S/c1-16-19(14-20-21(30(33,34)35)11-7-12-22(20)31)29-37(23(15-40-29)27(36)17-8-4-3-5-9-17)28(38)25(16)18-10-6-13-24(39-2)26(18)32/h3-13,23,27H,14-15,36H2,1-2H3/t23-,27+/m1/s1. The highest BCUT2D eigenvalue weighted by molar-refractivity contribution is 7.99. The molecule has 3 aromatic carbocycles. The molecule has 1 aromatic heterocycles. The number of hydrogen-bond donors (Lipinski definition) is 1. The Labute approximate surface area is 231 Å². The van der Waals surface area contributed by atoms with E-state index in [9.17, 15) is 22.4 Å². The number of benzene rings is 3. The number of nitrogens with two attached hydrogens (primary N) is 1. The molecule has 0 amide bonds. The molecule has 40 heavy (non-hydrogen) atoms. The van der Waals surface area contributed by atoms with Crippen LogP contribution in [0, 0.1) is 18.6 Å². The third-order valence-corrected chi connectivity index (χ3v) is 8.51. The molecule has 0 saturated carbocycles. The lowest BCUT2D eigenvalue weighted by molar-refractivity contribution is -0.138. The number of rotatable bonds is 6. The summed E-state index contributed by atoms with van der Waals surface area (Å²) in [6, 6.07) is 15.0. The molecule has 4 nitrogen and oxygen atoms in total. The molecule has 208 valence electrons. The second-order valence-corrected chi connectivity index (χ2v) is 10.5. The molecule has 0 fully saturated rings. The molecule has 5 rings (SSSR count). The highest BCUT2D eigenvalue weighted by atomic mass is 32.2. The van der Waals surface area contributed by atoms with Crippen LogP contribution in [0.3, 0.4) is 0 Å². The maximum atomic E-state index is 15.5. The molecule has 2 atom stereocenters. The summed E-state index contributed by atoms with van der Waals surface area (Å²) < 4.78 is 78.7. The first-order valence-electron chi connectivity index (χ1n) is 12.4. The van der Waals surface area contributed by atoms with Crippen LogP contribution in [-0.4, -0.2) is 17.4 Å². The topological polar surface area (TPSA) is 57.2 Å². The zero-order valence-corrected chi connectivity index (χ0v) is 22.4. The minimum Gasteiger partial charge on any atom is -0.494 e. The Morgan fingerprint density at radius 2 is 1.73 bits per heavy atom. The summed E-state index contributed by atoms with van der Waals surface area (Å²) in [4.78, 5) is 14.1. The first kappa shape index (κ1) is 27.9. The lowest BCUT2D eigenvalue weighted by atomic mass is 9.91. The Hall–Kier alpha value is -3.63. The van der Waals surface area contributed by atoms with Gasteiger partial charge in [0, 0.05) is 23.3 Å². The minimum absolute atomic E-state index is 0.0344. The maximum absolute atomic E-state index is 15.5. The number of halogens is 5. The van der Waals surface area contributed by atoms with E-state index in [0.717, 1.165) is 23.8 Å². The second-order valence-electron chi connectivity index (χ2n) is 9.54. The van der Waals surface area contributed by atoms with E-state index in [0.29, 0.717) is 16.3 Å². The van der Waals surface area contributed by atoms with Gasteiger partial charge in [0.15, 0.2) is 11.6 Å². The quantitative estimate of drug-likeness (QED) is 0.251. The summed E-state index contributed by atoms with van der Waals surface area (Å²) >= 11 is 1.27. The number of pyridine rings is 1. The van der Waals surface area contributed by atoms with Crippen LogP contribution in [0.1, 0.15) is 39.9 Å². The monoisotopic (exact) mass is 572 g/mol. The van der Waals surface area contributed by atoms with Crippen LogP contribution >= 0.6 is 11.8 Å². The third kappa shape index (κ3) is 4.79. The van der Waals surface area contributed by atoms with Crippen molar-refractivity contribution in [2.24, 2.45) is 5.73 Å². The molecular weight excluding hydrogens is 547 g/mol. The fraction of sp³-hybridized carbons (Fsp3) is 0.233. The predicted molar refractivity (Wildman–Crippen MR) is 145 cm³/mol. The summed E-state index contributed by atoms with van der Waals surface area (Å²) in [5, 5.41) is 0.391. The lowest BCUT2D eigenvalue weighted by Crippen LogP contribution is -2.33. The molecule has 0 unspecified atom stereocenters. The van der Waals surface area contributed by atoms with Gasteiger partial charge in [0.1, 0.15) is 5.82 Å². The zero-order chi connectivity index (χ0) is 28.8. The number of ether oxygens (including phenoxy) is 1. The van der Waals surface area contributed by atoms with Crippen molar-refractivity contribution in [3.05, 3.63) is 117 Å². The van der Waals surface area contributed by atoms with E-state index in [-0.39, 0.29) is 22.4 Å². The smallest absolute Gasteiger partial charge is 0.416 e. The SMILES string of the molecule is COc1cccc(-c2c(C)c(Cc3c(F)cccc3C(F)(F)F)c3n(c2=O)[C@@H]([C@@H](N)c2ccccc2)CS3)c1F. The first-order chi connectivity index (χ1) is 19.0. The van der Waals surface area contributed by atoms with Crippen LogP contribution in [0.2, 0.25) is 0 Å². The Balaban J connectivity index is 1.79. The molecule has 0 bridgehead atoms. The van der Waals surface area contributed by atoms with Gasteiger partial charge in [-0.25, -0.2) is 8.78 Å². The van der Waals surface area contributed by atoms with E-state index in [2.05, 4.69) is 0 Å². The normalized spacial score (nSPS) is 15.7. The fourth-order valence-corrected chi connectivity index (χ4v) is 6.70. The van der Waals surface area contributed by atoms with Crippen LogP contribution in [0.15, 0.2) is 76.6 Å². The van der Waals surface area contributed by atoms with E-state index in [1.807, 2.05) is 30.3 Å². The molecule has 2 heterocycles. The van der Waals surface area contributed by atoms with E-state index >= 15 is 4.39 Å². The lowest BCUT2D eigenvalue weighted by Gasteiger charge is -2.25. The Kier molecular flexibility index (Phi) is 7.50. The number of aromatic nitrogens is 1. The summed E-state index contributed by atoms with van der Waals surface area (Å²) in [6.07, 6.45) is -5.25. The Bertz CT molecular complexity index is 1640. The zero-order valence-electron chi connectivity index (χ0n) is 21.6. The number of alkyl halides is 3. The van der Waals surface area contributed by atoms with Crippen LogP contribution in [0.4, 0.5) is 22.0 Å². The van der Waals surface area contributed by atoms with Crippen molar-refractivity contribution < 1.29 is 26.7 Å². The molecule has 4 aromatic rings. The average molecular weight is 573 g/mol. The minimum atomic E-state index is -4.80. The van der Waals surface area contributed by atoms with Gasteiger partial charge in [0.05, 0.1) is 35.3 Å². The van der Waals surface area contributed by atoms with E-state index in [4.69, 9.17) is 10.5 Å². The number of nitrogens with zero attached hydrogens (tertiary/aromatic N) is 1. The molecule has 0 spiro atoms. The van der Waals surface area contributed by atoms with E-state index in [1.54, 1.807) is 6.92 Å². The number of thioether (sulfide) groups is 1. The van der Waals surface area contributed by atoms with Gasteiger partial charge < -0.3 is 10.5 Å².